The van der Waals surface area contributed by atoms with Gasteiger partial charge in [-0.25, -0.2) is 0 Å². The maximum Gasteiger partial charge on any atom is 0.170 e. The molecule has 2 aliphatic rings. The number of pyridine rings is 1. The van der Waals surface area contributed by atoms with Crippen molar-refractivity contribution in [3.63, 3.8) is 0 Å². The van der Waals surface area contributed by atoms with Crippen LogP contribution in [0.1, 0.15) is 53.3 Å². The molecule has 2 aliphatic heterocycles. The summed E-state index contributed by atoms with van der Waals surface area (Å²) in [7, 11) is 0. The molecule has 5 rings (SSSR count). The molecular formula is C24H28N4O2S. The van der Waals surface area contributed by atoms with E-state index in [1.807, 2.05) is 30.5 Å². The Morgan fingerprint density at radius 1 is 1.23 bits per heavy atom. The van der Waals surface area contributed by atoms with E-state index in [4.69, 9.17) is 21.4 Å². The average Bonchev–Trinajstić information content (AvgIpc) is 3.57. The highest BCUT2D eigenvalue weighted by Crippen LogP contribution is 2.41. The summed E-state index contributed by atoms with van der Waals surface area (Å²) < 4.78 is 13.9. The highest BCUT2D eigenvalue weighted by atomic mass is 32.1. The zero-order valence-electron chi connectivity index (χ0n) is 18.0. The summed E-state index contributed by atoms with van der Waals surface area (Å²) in [6, 6.07) is 12.4. The van der Waals surface area contributed by atoms with Crippen LogP contribution in [-0.4, -0.2) is 38.8 Å². The fourth-order valence-corrected chi connectivity index (χ4v) is 5.19. The van der Waals surface area contributed by atoms with E-state index in [9.17, 15) is 0 Å². The monoisotopic (exact) mass is 436 g/mol. The number of aromatic nitrogens is 2. The van der Waals surface area contributed by atoms with Gasteiger partial charge in [0.05, 0.1) is 36.7 Å². The van der Waals surface area contributed by atoms with Gasteiger partial charge in [0, 0.05) is 30.7 Å². The van der Waals surface area contributed by atoms with Crippen molar-refractivity contribution in [2.75, 3.05) is 13.2 Å². The molecule has 162 valence electrons. The molecule has 0 bridgehead atoms. The third-order valence-corrected chi connectivity index (χ3v) is 6.80. The Labute approximate surface area is 188 Å². The van der Waals surface area contributed by atoms with E-state index in [2.05, 4.69) is 45.7 Å². The highest BCUT2D eigenvalue weighted by molar-refractivity contribution is 7.80. The molecule has 3 atom stereocenters. The molecule has 0 saturated carbocycles. The van der Waals surface area contributed by atoms with E-state index in [0.717, 1.165) is 49.1 Å². The predicted octanol–water partition coefficient (Wildman–Crippen LogP) is 4.29. The van der Waals surface area contributed by atoms with Gasteiger partial charge in [0.25, 0.3) is 0 Å². The van der Waals surface area contributed by atoms with Gasteiger partial charge in [0.15, 0.2) is 5.11 Å². The first kappa shape index (κ1) is 20.3. The number of ether oxygens (including phenoxy) is 1. The number of nitrogens with zero attached hydrogens (tertiary/aromatic N) is 3. The minimum absolute atomic E-state index is 0.00679. The number of rotatable bonds is 6. The molecule has 1 N–H and O–H groups in total. The van der Waals surface area contributed by atoms with Crippen molar-refractivity contribution in [2.45, 2.75) is 51.4 Å². The number of thiocarbonyl (C=S) groups is 1. The zero-order chi connectivity index (χ0) is 21.4. The van der Waals surface area contributed by atoms with Crippen LogP contribution in [0.5, 0.6) is 0 Å². The lowest BCUT2D eigenvalue weighted by Gasteiger charge is -2.30. The lowest BCUT2D eigenvalue weighted by atomic mass is 9.96. The van der Waals surface area contributed by atoms with Crippen molar-refractivity contribution < 1.29 is 9.15 Å². The normalized spacial score (nSPS) is 23.5. The molecule has 3 aromatic rings. The predicted molar refractivity (Wildman–Crippen MR) is 123 cm³/mol. The molecule has 5 heterocycles. The molecule has 7 heteroatoms. The fraction of sp³-hybridized carbons (Fsp3) is 0.417. The third-order valence-electron chi connectivity index (χ3n) is 6.45. The van der Waals surface area contributed by atoms with E-state index < -0.39 is 0 Å². The van der Waals surface area contributed by atoms with Gasteiger partial charge in [-0.1, -0.05) is 6.07 Å². The third kappa shape index (κ3) is 3.88. The van der Waals surface area contributed by atoms with Gasteiger partial charge in [0.1, 0.15) is 5.76 Å². The van der Waals surface area contributed by atoms with Gasteiger partial charge < -0.3 is 23.9 Å². The SMILES string of the molecule is Cc1cc([C@@H]2[C@H](c3ccccn3)NC(=S)N2C[C@H]2CCCO2)c(C)n1Cc1ccco1. The van der Waals surface area contributed by atoms with Crippen molar-refractivity contribution in [1.82, 2.24) is 19.8 Å². The van der Waals surface area contributed by atoms with Crippen LogP contribution in [0.2, 0.25) is 0 Å². The van der Waals surface area contributed by atoms with Gasteiger partial charge in [0.2, 0.25) is 0 Å². The quantitative estimate of drug-likeness (QED) is 0.582. The summed E-state index contributed by atoms with van der Waals surface area (Å²) in [5, 5.41) is 4.33. The molecule has 2 saturated heterocycles. The molecule has 0 spiro atoms. The van der Waals surface area contributed by atoms with Crippen molar-refractivity contribution in [3.05, 3.63) is 77.3 Å². The van der Waals surface area contributed by atoms with E-state index in [1.165, 1.54) is 17.0 Å². The Balaban J connectivity index is 1.53. The standard InChI is InChI=1S/C24H28N4O2S/c1-16-13-20(17(2)27(16)14-18-7-5-11-29-18)23-22(21-9-3-4-10-25-21)26-24(31)28(23)15-19-8-6-12-30-19/h3-5,7,9-11,13,19,22-23H,6,8,12,14-15H2,1-2H3,(H,26,31)/t19-,22+,23-/m1/s1. The molecule has 0 aliphatic carbocycles. The summed E-state index contributed by atoms with van der Waals surface area (Å²) >= 11 is 5.82. The van der Waals surface area contributed by atoms with Crippen LogP contribution in [0.25, 0.3) is 0 Å². The number of hydrogen-bond acceptors (Lipinski definition) is 4. The van der Waals surface area contributed by atoms with Crippen LogP contribution < -0.4 is 5.32 Å². The molecule has 31 heavy (non-hydrogen) atoms. The summed E-state index contributed by atoms with van der Waals surface area (Å²) in [6.07, 6.45) is 5.99. The second-order valence-corrected chi connectivity index (χ2v) is 8.79. The Morgan fingerprint density at radius 3 is 2.84 bits per heavy atom. The Bertz CT molecular complexity index is 1040. The Morgan fingerprint density at radius 2 is 2.13 bits per heavy atom. The summed E-state index contributed by atoms with van der Waals surface area (Å²) in [4.78, 5) is 6.96. The number of furan rings is 1. The molecule has 0 amide bonds. The summed E-state index contributed by atoms with van der Waals surface area (Å²) in [5.74, 6) is 0.950. The van der Waals surface area contributed by atoms with Crippen LogP contribution in [0, 0.1) is 13.8 Å². The van der Waals surface area contributed by atoms with Crippen LogP contribution in [0.4, 0.5) is 0 Å². The fourth-order valence-electron chi connectivity index (χ4n) is 4.88. The van der Waals surface area contributed by atoms with Crippen LogP contribution in [-0.2, 0) is 11.3 Å². The van der Waals surface area contributed by atoms with Crippen LogP contribution in [0.15, 0.2) is 53.3 Å². The Kier molecular flexibility index (Phi) is 5.54. The highest BCUT2D eigenvalue weighted by Gasteiger charge is 2.42. The first-order valence-corrected chi connectivity index (χ1v) is 11.3. The smallest absolute Gasteiger partial charge is 0.170 e. The summed E-state index contributed by atoms with van der Waals surface area (Å²) in [5.41, 5.74) is 4.70. The lowest BCUT2D eigenvalue weighted by Crippen LogP contribution is -2.36. The van der Waals surface area contributed by atoms with E-state index >= 15 is 0 Å². The van der Waals surface area contributed by atoms with Crippen molar-refractivity contribution in [3.8, 4) is 0 Å². The minimum Gasteiger partial charge on any atom is -0.467 e. The molecule has 6 nitrogen and oxygen atoms in total. The topological polar surface area (TPSA) is 55.5 Å². The van der Waals surface area contributed by atoms with Crippen molar-refractivity contribution in [2.24, 2.45) is 0 Å². The molecule has 0 radical (unpaired) electrons. The molecule has 0 aromatic carbocycles. The van der Waals surface area contributed by atoms with Crippen molar-refractivity contribution in [1.29, 1.82) is 0 Å². The van der Waals surface area contributed by atoms with E-state index in [1.54, 1.807) is 6.26 Å². The van der Waals surface area contributed by atoms with Gasteiger partial charge in [-0.05, 0) is 74.8 Å². The molecular weight excluding hydrogens is 408 g/mol. The largest absolute Gasteiger partial charge is 0.467 e. The van der Waals surface area contributed by atoms with Gasteiger partial charge >= 0.3 is 0 Å². The summed E-state index contributed by atoms with van der Waals surface area (Å²) in [6.45, 7) is 6.69. The maximum atomic E-state index is 5.96. The molecule has 0 unspecified atom stereocenters. The second kappa shape index (κ2) is 8.48. The van der Waals surface area contributed by atoms with Gasteiger partial charge in [-0.3, -0.25) is 4.98 Å². The number of hydrogen-bond donors (Lipinski definition) is 1. The lowest BCUT2D eigenvalue weighted by molar-refractivity contribution is 0.0842. The van der Waals surface area contributed by atoms with E-state index in [-0.39, 0.29) is 18.2 Å². The maximum absolute atomic E-state index is 5.96. The second-order valence-electron chi connectivity index (χ2n) is 8.41. The average molecular weight is 437 g/mol. The van der Waals surface area contributed by atoms with Gasteiger partial charge in [-0.2, -0.15) is 0 Å². The van der Waals surface area contributed by atoms with E-state index in [0.29, 0.717) is 0 Å². The van der Waals surface area contributed by atoms with Gasteiger partial charge in [-0.15, -0.1) is 0 Å². The molecule has 2 fully saturated rings. The first-order chi connectivity index (χ1) is 15.1. The minimum atomic E-state index is -0.00679. The number of nitrogens with one attached hydrogen (secondary N) is 1. The Hall–Kier alpha value is -2.64. The zero-order valence-corrected chi connectivity index (χ0v) is 18.8. The van der Waals surface area contributed by atoms with Crippen LogP contribution >= 0.6 is 12.2 Å². The van der Waals surface area contributed by atoms with Crippen molar-refractivity contribution >= 4 is 17.3 Å². The first-order valence-electron chi connectivity index (χ1n) is 10.9. The number of aryl methyl sites for hydroxylation is 1. The van der Waals surface area contributed by atoms with Crippen LogP contribution in [0.3, 0.4) is 0 Å². The molecule has 3 aromatic heterocycles.